The molecule has 0 amide bonds. The SMILES string of the molecule is CS(=O)(=O)N(CCCCCCNC(=S)Nc1ccncc1)OCc1ccccc1. The molecule has 158 valence electrons. The van der Waals surface area contributed by atoms with Gasteiger partial charge in [-0.15, -0.1) is 0 Å². The van der Waals surface area contributed by atoms with Gasteiger partial charge in [0.05, 0.1) is 12.9 Å². The quantitative estimate of drug-likeness (QED) is 0.300. The van der Waals surface area contributed by atoms with E-state index in [1.807, 2.05) is 42.5 Å². The van der Waals surface area contributed by atoms with Crippen LogP contribution < -0.4 is 10.6 Å². The smallest absolute Gasteiger partial charge is 0.233 e. The minimum Gasteiger partial charge on any atom is -0.362 e. The summed E-state index contributed by atoms with van der Waals surface area (Å²) in [6.45, 7) is 1.35. The van der Waals surface area contributed by atoms with Crippen LogP contribution >= 0.6 is 12.2 Å². The number of thiocarbonyl (C=S) groups is 1. The van der Waals surface area contributed by atoms with Crippen molar-refractivity contribution in [3.63, 3.8) is 0 Å². The fourth-order valence-corrected chi connectivity index (χ4v) is 3.50. The highest BCUT2D eigenvalue weighted by Crippen LogP contribution is 2.09. The van der Waals surface area contributed by atoms with E-state index in [9.17, 15) is 8.42 Å². The number of rotatable bonds is 12. The highest BCUT2D eigenvalue weighted by molar-refractivity contribution is 7.88. The summed E-state index contributed by atoms with van der Waals surface area (Å²) >= 11 is 5.25. The van der Waals surface area contributed by atoms with Crippen molar-refractivity contribution in [2.24, 2.45) is 0 Å². The molecule has 2 rings (SSSR count). The molecule has 1 aromatic heterocycles. The minimum atomic E-state index is -3.40. The molecule has 0 atom stereocenters. The highest BCUT2D eigenvalue weighted by Gasteiger charge is 2.17. The van der Waals surface area contributed by atoms with Crippen molar-refractivity contribution in [3.8, 4) is 0 Å². The number of aromatic nitrogens is 1. The lowest BCUT2D eigenvalue weighted by Crippen LogP contribution is -2.31. The third kappa shape index (κ3) is 9.80. The zero-order valence-corrected chi connectivity index (χ0v) is 18.2. The third-order valence-electron chi connectivity index (χ3n) is 4.08. The lowest BCUT2D eigenvalue weighted by molar-refractivity contribution is -0.0962. The average molecular weight is 437 g/mol. The van der Waals surface area contributed by atoms with Gasteiger partial charge in [-0.1, -0.05) is 47.6 Å². The summed E-state index contributed by atoms with van der Waals surface area (Å²) in [7, 11) is -3.40. The number of anilines is 1. The average Bonchev–Trinajstić information content (AvgIpc) is 2.70. The molecule has 29 heavy (non-hydrogen) atoms. The highest BCUT2D eigenvalue weighted by atomic mass is 32.2. The Morgan fingerprint density at radius 3 is 2.45 bits per heavy atom. The first-order chi connectivity index (χ1) is 13.9. The standard InChI is InChI=1S/C20H28N4O3S2/c1-29(25,26)24(27-17-18-9-5-4-6-10-18)16-8-3-2-7-13-22-20(28)23-19-11-14-21-15-12-19/h4-6,9-12,14-15H,2-3,7-8,13,16-17H2,1H3,(H2,21,22,23,28). The molecule has 0 aliphatic heterocycles. The lowest BCUT2D eigenvalue weighted by atomic mass is 10.2. The number of unbranched alkanes of at least 4 members (excludes halogenated alkanes) is 3. The van der Waals surface area contributed by atoms with Gasteiger partial charge in [0.15, 0.2) is 5.11 Å². The van der Waals surface area contributed by atoms with Gasteiger partial charge in [0.25, 0.3) is 0 Å². The van der Waals surface area contributed by atoms with Gasteiger partial charge >= 0.3 is 0 Å². The van der Waals surface area contributed by atoms with E-state index in [4.69, 9.17) is 17.1 Å². The number of pyridine rings is 1. The molecule has 0 saturated carbocycles. The van der Waals surface area contributed by atoms with Crippen LogP contribution in [0, 0.1) is 0 Å². The van der Waals surface area contributed by atoms with Gasteiger partial charge in [-0.05, 0) is 42.8 Å². The molecule has 0 saturated heterocycles. The van der Waals surface area contributed by atoms with Gasteiger partial charge in [0, 0.05) is 31.2 Å². The van der Waals surface area contributed by atoms with E-state index in [2.05, 4.69) is 15.6 Å². The molecule has 0 bridgehead atoms. The fraction of sp³-hybridized carbons (Fsp3) is 0.400. The molecule has 0 aliphatic carbocycles. The van der Waals surface area contributed by atoms with E-state index in [0.717, 1.165) is 47.9 Å². The molecule has 0 unspecified atom stereocenters. The summed E-state index contributed by atoms with van der Waals surface area (Å²) < 4.78 is 24.9. The van der Waals surface area contributed by atoms with Crippen molar-refractivity contribution in [1.29, 1.82) is 0 Å². The summed E-state index contributed by atoms with van der Waals surface area (Å²) in [5.41, 5.74) is 1.83. The second-order valence-corrected chi connectivity index (χ2v) is 8.86. The van der Waals surface area contributed by atoms with Crippen LogP contribution in [0.4, 0.5) is 5.69 Å². The minimum absolute atomic E-state index is 0.236. The van der Waals surface area contributed by atoms with Crippen LogP contribution in [0.25, 0.3) is 0 Å². The van der Waals surface area contributed by atoms with Crippen molar-refractivity contribution in [1.82, 2.24) is 14.8 Å². The van der Waals surface area contributed by atoms with Crippen molar-refractivity contribution in [3.05, 3.63) is 60.4 Å². The maximum absolute atomic E-state index is 11.9. The molecule has 0 aliphatic rings. The number of hydroxylamine groups is 1. The van der Waals surface area contributed by atoms with Gasteiger partial charge in [-0.2, -0.15) is 0 Å². The lowest BCUT2D eigenvalue weighted by Gasteiger charge is -2.19. The van der Waals surface area contributed by atoms with E-state index in [-0.39, 0.29) is 6.61 Å². The summed E-state index contributed by atoms with van der Waals surface area (Å²) in [5, 5.41) is 6.83. The molecular formula is C20H28N4O3S2. The number of hydrogen-bond donors (Lipinski definition) is 2. The first-order valence-corrected chi connectivity index (χ1v) is 11.8. The van der Waals surface area contributed by atoms with Crippen molar-refractivity contribution < 1.29 is 13.3 Å². The normalized spacial score (nSPS) is 11.4. The molecule has 1 aromatic carbocycles. The molecule has 2 aromatic rings. The molecule has 0 fully saturated rings. The van der Waals surface area contributed by atoms with E-state index >= 15 is 0 Å². The summed E-state index contributed by atoms with van der Waals surface area (Å²) in [6, 6.07) is 13.2. The van der Waals surface area contributed by atoms with Gasteiger partial charge < -0.3 is 10.6 Å². The Morgan fingerprint density at radius 2 is 1.76 bits per heavy atom. The predicted molar refractivity (Wildman–Crippen MR) is 120 cm³/mol. The van der Waals surface area contributed by atoms with Gasteiger partial charge in [0.1, 0.15) is 0 Å². The Labute approximate surface area is 178 Å². The summed E-state index contributed by atoms with van der Waals surface area (Å²) in [4.78, 5) is 9.47. The zero-order chi connectivity index (χ0) is 21.0. The van der Waals surface area contributed by atoms with Crippen LogP contribution in [0.15, 0.2) is 54.9 Å². The van der Waals surface area contributed by atoms with E-state index in [1.54, 1.807) is 12.4 Å². The van der Waals surface area contributed by atoms with Crippen LogP contribution in [0.1, 0.15) is 31.2 Å². The van der Waals surface area contributed by atoms with Crippen LogP contribution in [0.5, 0.6) is 0 Å². The zero-order valence-electron chi connectivity index (χ0n) is 16.6. The largest absolute Gasteiger partial charge is 0.362 e. The van der Waals surface area contributed by atoms with E-state index in [1.165, 1.54) is 6.26 Å². The molecule has 0 spiro atoms. The number of hydrogen-bond acceptors (Lipinski definition) is 5. The van der Waals surface area contributed by atoms with E-state index in [0.29, 0.717) is 11.7 Å². The predicted octanol–water partition coefficient (Wildman–Crippen LogP) is 3.32. The van der Waals surface area contributed by atoms with Gasteiger partial charge in [-0.25, -0.2) is 8.42 Å². The maximum Gasteiger partial charge on any atom is 0.233 e. The Kier molecular flexibility index (Phi) is 9.99. The molecule has 1 heterocycles. The monoisotopic (exact) mass is 436 g/mol. The van der Waals surface area contributed by atoms with E-state index < -0.39 is 10.0 Å². The maximum atomic E-state index is 11.9. The van der Waals surface area contributed by atoms with Crippen molar-refractivity contribution in [2.75, 3.05) is 24.7 Å². The first-order valence-electron chi connectivity index (χ1n) is 9.54. The molecule has 7 nitrogen and oxygen atoms in total. The molecule has 0 radical (unpaired) electrons. The van der Waals surface area contributed by atoms with Gasteiger partial charge in [0.2, 0.25) is 10.0 Å². The number of nitrogens with zero attached hydrogens (tertiary/aromatic N) is 2. The molecule has 9 heteroatoms. The second kappa shape index (κ2) is 12.5. The molecular weight excluding hydrogens is 408 g/mol. The van der Waals surface area contributed by atoms with Gasteiger partial charge in [-0.3, -0.25) is 9.82 Å². The van der Waals surface area contributed by atoms with Crippen molar-refractivity contribution >= 4 is 33.0 Å². The fourth-order valence-electron chi connectivity index (χ4n) is 2.58. The number of benzene rings is 1. The summed E-state index contributed by atoms with van der Waals surface area (Å²) in [5.74, 6) is 0. The Morgan fingerprint density at radius 1 is 1.07 bits per heavy atom. The number of nitrogens with one attached hydrogen (secondary N) is 2. The Hall–Kier alpha value is -2.07. The number of sulfonamides is 1. The van der Waals surface area contributed by atoms with Crippen LogP contribution in [0.2, 0.25) is 0 Å². The van der Waals surface area contributed by atoms with Crippen LogP contribution in [-0.2, 0) is 21.5 Å². The third-order valence-corrected chi connectivity index (χ3v) is 5.35. The van der Waals surface area contributed by atoms with Crippen LogP contribution in [0.3, 0.4) is 0 Å². The summed E-state index contributed by atoms with van der Waals surface area (Å²) in [6.07, 6.45) is 8.14. The van der Waals surface area contributed by atoms with Crippen molar-refractivity contribution in [2.45, 2.75) is 32.3 Å². The Bertz CT molecular complexity index is 833. The Balaban J connectivity index is 1.59. The first kappa shape index (κ1) is 23.2. The second-order valence-electron chi connectivity index (χ2n) is 6.58. The van der Waals surface area contributed by atoms with Crippen LogP contribution in [-0.4, -0.2) is 42.3 Å². The topological polar surface area (TPSA) is 83.6 Å². The molecule has 2 N–H and O–H groups in total.